The number of fused-ring (bicyclic) bond motifs is 4. The highest BCUT2D eigenvalue weighted by Crippen LogP contribution is 2.56. The van der Waals surface area contributed by atoms with E-state index in [1.54, 1.807) is 6.92 Å². The lowest BCUT2D eigenvalue weighted by Crippen LogP contribution is -2.49. The Morgan fingerprint density at radius 1 is 1.00 bits per heavy atom. The number of carbonyl (C=O) groups is 3. The van der Waals surface area contributed by atoms with Gasteiger partial charge in [0.05, 0.1) is 6.20 Å². The summed E-state index contributed by atoms with van der Waals surface area (Å²) in [6.45, 7) is -1.43. The molecule has 2 bridgehead atoms. The molecule has 0 saturated heterocycles. The molecule has 0 atom stereocenters. The largest absolute Gasteiger partial charge is 0.432 e. The van der Waals surface area contributed by atoms with Gasteiger partial charge in [-0.25, -0.2) is 18.3 Å². The molecule has 2 amide bonds. The van der Waals surface area contributed by atoms with E-state index in [0.29, 0.717) is 6.54 Å². The van der Waals surface area contributed by atoms with E-state index in [2.05, 4.69) is 25.5 Å². The minimum Gasteiger partial charge on any atom is -0.432 e. The third-order valence-corrected chi connectivity index (χ3v) is 8.33. The maximum Gasteiger partial charge on any atom is 0.387 e. The van der Waals surface area contributed by atoms with Crippen molar-refractivity contribution in [3.63, 3.8) is 0 Å². The fraction of sp³-hybridized carbons (Fsp3) is 0.444. The number of ketones is 1. The number of hydrogen-bond donors (Lipinski definition) is 2. The fourth-order valence-electron chi connectivity index (χ4n) is 5.75. The quantitative estimate of drug-likeness (QED) is 0.379. The van der Waals surface area contributed by atoms with Gasteiger partial charge in [0.2, 0.25) is 0 Å². The Bertz CT molecular complexity index is 1470. The van der Waals surface area contributed by atoms with E-state index < -0.39 is 35.8 Å². The summed E-state index contributed by atoms with van der Waals surface area (Å²) < 4.78 is 58.3. The lowest BCUT2D eigenvalue weighted by atomic mass is 9.52. The first-order valence-electron chi connectivity index (χ1n) is 12.9. The van der Waals surface area contributed by atoms with E-state index in [0.717, 1.165) is 61.4 Å². The van der Waals surface area contributed by atoms with Crippen LogP contribution in [0.2, 0.25) is 0 Å². The molecular formula is C27H27F4N5O4. The molecule has 3 aliphatic rings. The van der Waals surface area contributed by atoms with E-state index in [9.17, 15) is 31.9 Å². The number of aromatic nitrogens is 3. The molecule has 0 unspecified atom stereocenters. The summed E-state index contributed by atoms with van der Waals surface area (Å²) in [6.07, 6.45) is 5.69. The molecule has 212 valence electrons. The van der Waals surface area contributed by atoms with E-state index in [1.165, 1.54) is 12.1 Å². The second kappa shape index (κ2) is 10.5. The molecule has 0 spiro atoms. The minimum atomic E-state index is -3.23. The van der Waals surface area contributed by atoms with Gasteiger partial charge in [0.15, 0.2) is 23.0 Å². The van der Waals surface area contributed by atoms with Crippen LogP contribution in [0, 0.1) is 22.5 Å². The Labute approximate surface area is 226 Å². The van der Waals surface area contributed by atoms with Crippen molar-refractivity contribution < 1.29 is 36.7 Å². The van der Waals surface area contributed by atoms with Gasteiger partial charge in [-0.3, -0.25) is 14.4 Å². The maximum absolute atomic E-state index is 14.4. The number of nitrogens with one attached hydrogen (secondary N) is 2. The lowest BCUT2D eigenvalue weighted by Gasteiger charge is -2.52. The zero-order valence-corrected chi connectivity index (χ0v) is 21.6. The molecule has 3 saturated carbocycles. The first kappa shape index (κ1) is 27.5. The van der Waals surface area contributed by atoms with Crippen LogP contribution in [-0.2, 0) is 11.3 Å². The van der Waals surface area contributed by atoms with Crippen LogP contribution >= 0.6 is 0 Å². The monoisotopic (exact) mass is 561 g/mol. The number of ether oxygens (including phenoxy) is 1. The average Bonchev–Trinajstić information content (AvgIpc) is 3.32. The molecule has 3 aliphatic carbocycles. The van der Waals surface area contributed by atoms with Crippen LogP contribution in [0.3, 0.4) is 0 Å². The summed E-state index contributed by atoms with van der Waals surface area (Å²) in [5.41, 5.74) is -0.822. The highest BCUT2D eigenvalue weighted by Gasteiger charge is 2.50. The second-order valence-electron chi connectivity index (χ2n) is 10.6. The molecule has 40 heavy (non-hydrogen) atoms. The molecule has 1 aromatic carbocycles. The van der Waals surface area contributed by atoms with Crippen LogP contribution in [0.15, 0.2) is 30.5 Å². The molecular weight excluding hydrogens is 534 g/mol. The fourth-order valence-corrected chi connectivity index (χ4v) is 5.75. The van der Waals surface area contributed by atoms with E-state index in [-0.39, 0.29) is 45.8 Å². The minimum absolute atomic E-state index is 0.102. The van der Waals surface area contributed by atoms with Crippen molar-refractivity contribution in [2.75, 3.05) is 6.54 Å². The molecule has 13 heteroatoms. The van der Waals surface area contributed by atoms with Gasteiger partial charge in [0, 0.05) is 24.6 Å². The predicted molar refractivity (Wildman–Crippen MR) is 133 cm³/mol. The first-order chi connectivity index (χ1) is 19.0. The summed E-state index contributed by atoms with van der Waals surface area (Å²) in [5, 5.41) is 9.28. The van der Waals surface area contributed by atoms with Crippen molar-refractivity contribution in [2.45, 2.75) is 58.6 Å². The van der Waals surface area contributed by atoms with Gasteiger partial charge in [0.1, 0.15) is 17.2 Å². The standard InChI is InChI=1S/C27H27F4N5O4/c1-15(37)27-7-4-26(5-8-27,6-9-27)14-33-24(39)20-11-19(35-22-18(29)13-34-36(20)22)23(38)32-12-16-2-3-17(28)21(10-16)40-25(30)31/h2-3,10-11,13,25H,4-9,12,14H2,1H3,(H,32,38)(H,33,39). The van der Waals surface area contributed by atoms with E-state index >= 15 is 0 Å². The van der Waals surface area contributed by atoms with E-state index in [4.69, 9.17) is 0 Å². The lowest BCUT2D eigenvalue weighted by molar-refractivity contribution is -0.135. The van der Waals surface area contributed by atoms with Gasteiger partial charge in [-0.05, 0) is 68.6 Å². The second-order valence-corrected chi connectivity index (χ2v) is 10.6. The van der Waals surface area contributed by atoms with Gasteiger partial charge in [-0.1, -0.05) is 6.07 Å². The zero-order valence-electron chi connectivity index (χ0n) is 21.6. The average molecular weight is 562 g/mol. The molecule has 3 aromatic rings. The normalized spacial score (nSPS) is 21.9. The molecule has 2 aromatic heterocycles. The molecule has 3 fully saturated rings. The molecule has 6 rings (SSSR count). The zero-order chi connectivity index (χ0) is 28.7. The molecule has 0 aliphatic heterocycles. The highest BCUT2D eigenvalue weighted by molar-refractivity contribution is 5.98. The Hall–Kier alpha value is -4.03. The first-order valence-corrected chi connectivity index (χ1v) is 12.9. The predicted octanol–water partition coefficient (Wildman–Crippen LogP) is 4.20. The van der Waals surface area contributed by atoms with Crippen molar-refractivity contribution in [2.24, 2.45) is 10.8 Å². The van der Waals surface area contributed by atoms with Crippen molar-refractivity contribution in [1.82, 2.24) is 25.2 Å². The summed E-state index contributed by atoms with van der Waals surface area (Å²) in [6, 6.07) is 4.40. The topological polar surface area (TPSA) is 115 Å². The van der Waals surface area contributed by atoms with E-state index in [1.807, 2.05) is 0 Å². The van der Waals surface area contributed by atoms with Crippen molar-refractivity contribution in [1.29, 1.82) is 0 Å². The van der Waals surface area contributed by atoms with Crippen molar-refractivity contribution in [3.8, 4) is 5.75 Å². The van der Waals surface area contributed by atoms with Crippen molar-refractivity contribution in [3.05, 3.63) is 59.0 Å². The van der Waals surface area contributed by atoms with Crippen LogP contribution in [0.4, 0.5) is 17.6 Å². The number of Topliss-reactive ketones (excluding diaryl/α,β-unsaturated/α-hetero) is 1. The summed E-state index contributed by atoms with van der Waals surface area (Å²) in [5.74, 6) is -3.64. The highest BCUT2D eigenvalue weighted by atomic mass is 19.3. The molecule has 9 nitrogen and oxygen atoms in total. The van der Waals surface area contributed by atoms with Gasteiger partial charge >= 0.3 is 6.61 Å². The van der Waals surface area contributed by atoms with Crippen molar-refractivity contribution >= 4 is 23.2 Å². The number of carbonyl (C=O) groups excluding carboxylic acids is 3. The Morgan fingerprint density at radius 3 is 2.35 bits per heavy atom. The van der Waals surface area contributed by atoms with Crippen LogP contribution in [0.5, 0.6) is 5.75 Å². The number of rotatable bonds is 9. The summed E-state index contributed by atoms with van der Waals surface area (Å²) in [4.78, 5) is 42.3. The smallest absolute Gasteiger partial charge is 0.387 e. The Balaban J connectivity index is 1.30. The number of alkyl halides is 2. The maximum atomic E-state index is 14.4. The SMILES string of the molecule is CC(=O)C12CCC(CNC(=O)c3cc(C(=O)NCc4ccc(F)c(OC(F)F)c4)nc4c(F)cnn34)(CC1)CC2. The molecule has 2 N–H and O–H groups in total. The number of benzene rings is 1. The number of halogens is 4. The van der Waals surface area contributed by atoms with Crippen LogP contribution in [-0.4, -0.2) is 45.4 Å². The van der Waals surface area contributed by atoms with Crippen LogP contribution in [0.25, 0.3) is 5.65 Å². The summed E-state index contributed by atoms with van der Waals surface area (Å²) in [7, 11) is 0. The van der Waals surface area contributed by atoms with Gasteiger partial charge in [-0.2, -0.15) is 13.9 Å². The summed E-state index contributed by atoms with van der Waals surface area (Å²) >= 11 is 0. The number of hydrogen-bond acceptors (Lipinski definition) is 6. The number of nitrogens with zero attached hydrogens (tertiary/aromatic N) is 3. The molecule has 0 radical (unpaired) electrons. The van der Waals surface area contributed by atoms with Crippen LogP contribution in [0.1, 0.15) is 72.0 Å². The Morgan fingerprint density at radius 2 is 1.70 bits per heavy atom. The van der Waals surface area contributed by atoms with Gasteiger partial charge in [-0.15, -0.1) is 0 Å². The number of amides is 2. The van der Waals surface area contributed by atoms with Gasteiger partial charge < -0.3 is 15.4 Å². The third kappa shape index (κ3) is 5.24. The Kier molecular flexibility index (Phi) is 7.23. The third-order valence-electron chi connectivity index (χ3n) is 8.33. The van der Waals surface area contributed by atoms with Crippen LogP contribution < -0.4 is 15.4 Å². The molecule has 2 heterocycles. The van der Waals surface area contributed by atoms with Gasteiger partial charge in [0.25, 0.3) is 11.8 Å².